The highest BCUT2D eigenvalue weighted by atomic mass is 35.5. The molecule has 3 aromatic rings. The lowest BCUT2D eigenvalue weighted by Gasteiger charge is -2.33. The van der Waals surface area contributed by atoms with Crippen LogP contribution in [0.15, 0.2) is 72.8 Å². The molecule has 4 rings (SSSR count). The lowest BCUT2D eigenvalue weighted by molar-refractivity contribution is -0.141. The van der Waals surface area contributed by atoms with Crippen molar-refractivity contribution in [2.45, 2.75) is 70.5 Å². The molecule has 1 saturated carbocycles. The van der Waals surface area contributed by atoms with Gasteiger partial charge in [0.15, 0.2) is 0 Å². The van der Waals surface area contributed by atoms with Crippen molar-refractivity contribution in [1.82, 2.24) is 10.2 Å². The first-order valence-electron chi connectivity index (χ1n) is 13.0. The molecule has 37 heavy (non-hydrogen) atoms. The maximum Gasteiger partial charge on any atom is 0.243 e. The Bertz CT molecular complexity index is 1190. The van der Waals surface area contributed by atoms with Gasteiger partial charge < -0.3 is 10.2 Å². The number of aryl methyl sites for hydroxylation is 1. The number of rotatable bonds is 9. The summed E-state index contributed by atoms with van der Waals surface area (Å²) >= 11 is 12.5. The van der Waals surface area contributed by atoms with Crippen LogP contribution in [-0.4, -0.2) is 28.8 Å². The number of hydrogen-bond acceptors (Lipinski definition) is 2. The third-order valence-corrected chi connectivity index (χ3v) is 7.64. The molecule has 0 radical (unpaired) electrons. The highest BCUT2D eigenvalue weighted by molar-refractivity contribution is 6.35. The highest BCUT2D eigenvalue weighted by Crippen LogP contribution is 2.24. The standard InChI is InChI=1S/C31H34Cl2N2O2/c1-22-12-14-24(15-13-22)21-35(30(36)19-25-16-17-26(32)20-28(25)33)29(18-23-8-4-2-5-9-23)31(37)34-27-10-6-3-7-11-27/h2,4-5,8-9,12-17,20,27,29H,3,6-7,10-11,18-19,21H2,1H3,(H,34,37). The fraction of sp³-hybridized carbons (Fsp3) is 0.355. The van der Waals surface area contributed by atoms with E-state index in [-0.39, 0.29) is 24.3 Å². The Balaban J connectivity index is 1.66. The van der Waals surface area contributed by atoms with E-state index in [9.17, 15) is 9.59 Å². The first-order valence-corrected chi connectivity index (χ1v) is 13.8. The van der Waals surface area contributed by atoms with Crippen molar-refractivity contribution >= 4 is 35.0 Å². The van der Waals surface area contributed by atoms with Gasteiger partial charge in [-0.25, -0.2) is 0 Å². The van der Waals surface area contributed by atoms with Gasteiger partial charge in [0, 0.05) is 29.1 Å². The molecule has 1 unspecified atom stereocenters. The zero-order valence-corrected chi connectivity index (χ0v) is 22.8. The number of halogens is 2. The minimum Gasteiger partial charge on any atom is -0.352 e. The van der Waals surface area contributed by atoms with Gasteiger partial charge in [-0.05, 0) is 48.6 Å². The zero-order valence-electron chi connectivity index (χ0n) is 21.3. The molecule has 0 spiro atoms. The summed E-state index contributed by atoms with van der Waals surface area (Å²) in [5.41, 5.74) is 3.82. The number of amides is 2. The fourth-order valence-electron chi connectivity index (χ4n) is 4.92. The maximum absolute atomic E-state index is 13.9. The molecule has 1 fully saturated rings. The molecule has 0 bridgehead atoms. The van der Waals surface area contributed by atoms with E-state index in [4.69, 9.17) is 23.2 Å². The molecule has 194 valence electrons. The smallest absolute Gasteiger partial charge is 0.243 e. The normalized spacial score (nSPS) is 14.7. The van der Waals surface area contributed by atoms with E-state index in [1.165, 1.54) is 6.42 Å². The quantitative estimate of drug-likeness (QED) is 0.322. The van der Waals surface area contributed by atoms with Crippen LogP contribution in [0.5, 0.6) is 0 Å². The molecule has 2 amide bonds. The van der Waals surface area contributed by atoms with Crippen LogP contribution in [-0.2, 0) is 29.0 Å². The van der Waals surface area contributed by atoms with Crippen molar-refractivity contribution in [3.63, 3.8) is 0 Å². The third-order valence-electron chi connectivity index (χ3n) is 7.05. The number of benzene rings is 3. The molecule has 0 aliphatic heterocycles. The lowest BCUT2D eigenvalue weighted by Crippen LogP contribution is -2.53. The molecule has 1 N–H and O–H groups in total. The van der Waals surface area contributed by atoms with Gasteiger partial charge in [-0.2, -0.15) is 0 Å². The Kier molecular flexibility index (Phi) is 9.65. The van der Waals surface area contributed by atoms with E-state index in [0.717, 1.165) is 42.4 Å². The average molecular weight is 538 g/mol. The molecule has 6 heteroatoms. The van der Waals surface area contributed by atoms with E-state index < -0.39 is 6.04 Å². The molecule has 0 saturated heterocycles. The minimum atomic E-state index is -0.649. The summed E-state index contributed by atoms with van der Waals surface area (Å²) in [6.07, 6.45) is 5.94. The molecular weight excluding hydrogens is 503 g/mol. The van der Waals surface area contributed by atoms with Crippen LogP contribution in [0, 0.1) is 6.92 Å². The fourth-order valence-corrected chi connectivity index (χ4v) is 5.39. The summed E-state index contributed by atoms with van der Waals surface area (Å²) in [6, 6.07) is 22.7. The van der Waals surface area contributed by atoms with Gasteiger partial charge in [0.25, 0.3) is 0 Å². The number of nitrogens with zero attached hydrogens (tertiary/aromatic N) is 1. The first kappa shape index (κ1) is 27.2. The van der Waals surface area contributed by atoms with Crippen LogP contribution in [0.1, 0.15) is 54.4 Å². The second kappa shape index (κ2) is 13.1. The predicted molar refractivity (Wildman–Crippen MR) is 151 cm³/mol. The van der Waals surface area contributed by atoms with Crippen LogP contribution in [0.4, 0.5) is 0 Å². The zero-order chi connectivity index (χ0) is 26.2. The molecule has 3 aromatic carbocycles. The van der Waals surface area contributed by atoms with E-state index in [0.29, 0.717) is 28.6 Å². The number of hydrogen-bond donors (Lipinski definition) is 1. The summed E-state index contributed by atoms with van der Waals surface area (Å²) in [5, 5.41) is 4.24. The predicted octanol–water partition coefficient (Wildman–Crippen LogP) is 6.93. The monoisotopic (exact) mass is 536 g/mol. The van der Waals surface area contributed by atoms with Gasteiger partial charge in [0.2, 0.25) is 11.8 Å². The largest absolute Gasteiger partial charge is 0.352 e. The molecule has 1 aliphatic rings. The second-order valence-corrected chi connectivity index (χ2v) is 10.8. The average Bonchev–Trinajstić information content (AvgIpc) is 2.90. The van der Waals surface area contributed by atoms with Crippen molar-refractivity contribution in [1.29, 1.82) is 0 Å². The molecule has 1 aliphatic carbocycles. The van der Waals surface area contributed by atoms with Crippen molar-refractivity contribution in [2.75, 3.05) is 0 Å². The summed E-state index contributed by atoms with van der Waals surface area (Å²) in [5.74, 6) is -0.247. The van der Waals surface area contributed by atoms with Gasteiger partial charge in [-0.3, -0.25) is 9.59 Å². The molecule has 0 heterocycles. The van der Waals surface area contributed by atoms with Gasteiger partial charge in [-0.15, -0.1) is 0 Å². The number of carbonyl (C=O) groups excluding carboxylic acids is 2. The molecule has 0 aromatic heterocycles. The molecular formula is C31H34Cl2N2O2. The van der Waals surface area contributed by atoms with Crippen LogP contribution in [0.2, 0.25) is 10.0 Å². The first-order chi connectivity index (χ1) is 17.9. The van der Waals surface area contributed by atoms with Crippen molar-refractivity contribution in [3.05, 3.63) is 105 Å². The van der Waals surface area contributed by atoms with Gasteiger partial charge in [-0.1, -0.05) is 109 Å². The van der Waals surface area contributed by atoms with Crippen molar-refractivity contribution in [3.8, 4) is 0 Å². The Labute approximate surface area is 230 Å². The van der Waals surface area contributed by atoms with Gasteiger partial charge in [0.1, 0.15) is 6.04 Å². The van der Waals surface area contributed by atoms with Crippen LogP contribution >= 0.6 is 23.2 Å². The number of carbonyl (C=O) groups is 2. The maximum atomic E-state index is 13.9. The van der Waals surface area contributed by atoms with Crippen LogP contribution in [0.3, 0.4) is 0 Å². The summed E-state index contributed by atoms with van der Waals surface area (Å²) in [4.78, 5) is 29.4. The number of nitrogens with one attached hydrogen (secondary N) is 1. The van der Waals surface area contributed by atoms with Crippen molar-refractivity contribution in [2.24, 2.45) is 0 Å². The van der Waals surface area contributed by atoms with Crippen LogP contribution < -0.4 is 5.32 Å². The summed E-state index contributed by atoms with van der Waals surface area (Å²) in [7, 11) is 0. The van der Waals surface area contributed by atoms with E-state index >= 15 is 0 Å². The molecule has 4 nitrogen and oxygen atoms in total. The SMILES string of the molecule is Cc1ccc(CN(C(=O)Cc2ccc(Cl)cc2Cl)C(Cc2ccccc2)C(=O)NC2CCCCC2)cc1. The Morgan fingerprint density at radius 2 is 1.62 bits per heavy atom. The second-order valence-electron chi connectivity index (χ2n) is 9.97. The highest BCUT2D eigenvalue weighted by Gasteiger charge is 2.32. The minimum absolute atomic E-state index is 0.0872. The Hall–Kier alpha value is -2.82. The Morgan fingerprint density at radius 1 is 0.919 bits per heavy atom. The topological polar surface area (TPSA) is 49.4 Å². The third kappa shape index (κ3) is 7.83. The van der Waals surface area contributed by atoms with Gasteiger partial charge >= 0.3 is 0 Å². The lowest BCUT2D eigenvalue weighted by atomic mass is 9.94. The van der Waals surface area contributed by atoms with E-state index in [2.05, 4.69) is 5.32 Å². The molecule has 1 atom stereocenters. The summed E-state index contributed by atoms with van der Waals surface area (Å²) in [6.45, 7) is 2.37. The Morgan fingerprint density at radius 3 is 2.30 bits per heavy atom. The van der Waals surface area contributed by atoms with Crippen LogP contribution in [0.25, 0.3) is 0 Å². The van der Waals surface area contributed by atoms with E-state index in [1.54, 1.807) is 23.1 Å². The summed E-state index contributed by atoms with van der Waals surface area (Å²) < 4.78 is 0. The van der Waals surface area contributed by atoms with Gasteiger partial charge in [0.05, 0.1) is 6.42 Å². The van der Waals surface area contributed by atoms with E-state index in [1.807, 2.05) is 61.5 Å². The van der Waals surface area contributed by atoms with Crippen molar-refractivity contribution < 1.29 is 9.59 Å².